The maximum atomic E-state index is 14.6. The molecule has 3 aliphatic rings. The number of nitrogens with zero attached hydrogens (tertiary/aromatic N) is 5. The number of amides is 4. The first kappa shape index (κ1) is 50.0. The van der Waals surface area contributed by atoms with Crippen molar-refractivity contribution < 1.29 is 33.4 Å². The van der Waals surface area contributed by atoms with Gasteiger partial charge in [0.25, 0.3) is 18.3 Å². The van der Waals surface area contributed by atoms with E-state index in [0.29, 0.717) is 51.1 Å². The summed E-state index contributed by atoms with van der Waals surface area (Å²) in [6, 6.07) is 16.9. The first-order valence-corrected chi connectivity index (χ1v) is 24.1. The molecule has 2 aromatic heterocycles. The predicted octanol–water partition coefficient (Wildman–Crippen LogP) is 6.20. The average Bonchev–Trinajstić information content (AvgIpc) is 3.89. The SMILES string of the molecule is C=C1CN[C@H]2[C@@H](C(=O)N(C)[C@H](C(=O)N[C@@H](Cc3cccc(-c4ccc5c(c4)c(CC(C)(C)COC=O)c(-c4cccnc4[C@H](C)OC)n5CC)c3)C(=O)N3CCC[C@@H](C)N3)C(C)C)CCN2C1=O. The number of carbonyl (C=O) groups is 5. The molecule has 7 rings (SSSR count). The lowest BCUT2D eigenvalue weighted by molar-refractivity contribution is -0.147. The number of aromatic nitrogens is 2. The summed E-state index contributed by atoms with van der Waals surface area (Å²) in [5.74, 6) is -1.86. The first-order valence-electron chi connectivity index (χ1n) is 24.1. The third kappa shape index (κ3) is 10.4. The average molecular weight is 931 g/mol. The number of likely N-dealkylation sites (N-methyl/N-ethyl adjacent to an activating group) is 1. The van der Waals surface area contributed by atoms with Crippen molar-refractivity contribution in [3.05, 3.63) is 89.8 Å². The molecule has 15 heteroatoms. The third-order valence-corrected chi connectivity index (χ3v) is 14.0. The van der Waals surface area contributed by atoms with Gasteiger partial charge in [-0.2, -0.15) is 0 Å². The zero-order chi connectivity index (χ0) is 49.0. The molecule has 0 unspecified atom stereocenters. The molecule has 364 valence electrons. The molecular formula is C53H70N8O7. The van der Waals surface area contributed by atoms with E-state index in [-0.39, 0.29) is 48.8 Å². The van der Waals surface area contributed by atoms with Crippen LogP contribution in [0.2, 0.25) is 0 Å². The van der Waals surface area contributed by atoms with Crippen molar-refractivity contribution in [2.45, 2.75) is 118 Å². The zero-order valence-electron chi connectivity index (χ0n) is 41.3. The monoisotopic (exact) mass is 931 g/mol. The second-order valence-corrected chi connectivity index (χ2v) is 20.0. The minimum atomic E-state index is -0.944. The van der Waals surface area contributed by atoms with Gasteiger partial charge in [0.1, 0.15) is 12.1 Å². The molecule has 0 saturated carbocycles. The van der Waals surface area contributed by atoms with Crippen LogP contribution < -0.4 is 16.1 Å². The van der Waals surface area contributed by atoms with Crippen molar-refractivity contribution in [3.8, 4) is 22.4 Å². The summed E-state index contributed by atoms with van der Waals surface area (Å²) in [5.41, 5.74) is 11.2. The maximum absolute atomic E-state index is 14.6. The highest BCUT2D eigenvalue weighted by Crippen LogP contribution is 2.42. The van der Waals surface area contributed by atoms with E-state index in [1.807, 2.05) is 45.9 Å². The molecule has 3 fully saturated rings. The van der Waals surface area contributed by atoms with Crippen LogP contribution in [0, 0.1) is 17.3 Å². The Kier molecular flexibility index (Phi) is 15.6. The fraction of sp³-hybridized carbons (Fsp3) is 0.509. The molecule has 3 aliphatic heterocycles. The Labute approximate surface area is 401 Å². The van der Waals surface area contributed by atoms with E-state index in [1.54, 1.807) is 30.3 Å². The van der Waals surface area contributed by atoms with Crippen molar-refractivity contribution in [3.63, 3.8) is 0 Å². The van der Waals surface area contributed by atoms with E-state index in [2.05, 4.69) is 84.4 Å². The lowest BCUT2D eigenvalue weighted by Gasteiger charge is -2.38. The molecular weight excluding hydrogens is 861 g/mol. The number of fused-ring (bicyclic) bond motifs is 2. The summed E-state index contributed by atoms with van der Waals surface area (Å²) in [4.78, 5) is 75.6. The van der Waals surface area contributed by atoms with Gasteiger partial charge < -0.3 is 29.2 Å². The van der Waals surface area contributed by atoms with Gasteiger partial charge in [-0.05, 0) is 98.9 Å². The quantitative estimate of drug-likeness (QED) is 0.0773. The summed E-state index contributed by atoms with van der Waals surface area (Å²) < 4.78 is 13.5. The van der Waals surface area contributed by atoms with Crippen LogP contribution >= 0.6 is 0 Å². The highest BCUT2D eigenvalue weighted by Gasteiger charge is 2.46. The summed E-state index contributed by atoms with van der Waals surface area (Å²) in [7, 11) is 3.32. The number of hydrogen-bond donors (Lipinski definition) is 3. The van der Waals surface area contributed by atoms with E-state index >= 15 is 0 Å². The van der Waals surface area contributed by atoms with Gasteiger partial charge in [0.15, 0.2) is 0 Å². The zero-order valence-corrected chi connectivity index (χ0v) is 41.3. The van der Waals surface area contributed by atoms with Gasteiger partial charge in [-0.25, -0.2) is 5.43 Å². The molecule has 3 saturated heterocycles. The Balaban J connectivity index is 1.22. The molecule has 2 aromatic carbocycles. The number of methoxy groups -OCH3 is 1. The van der Waals surface area contributed by atoms with Crippen LogP contribution in [0.3, 0.4) is 0 Å². The predicted molar refractivity (Wildman–Crippen MR) is 263 cm³/mol. The summed E-state index contributed by atoms with van der Waals surface area (Å²) in [6.45, 7) is 20.7. The number of pyridine rings is 1. The van der Waals surface area contributed by atoms with Gasteiger partial charge in [0.2, 0.25) is 11.8 Å². The standard InChI is InChI=1S/C53H70N8O7/c1-11-59-44-20-19-38(27-41(44)42(28-53(7,8)30-68-31-62)47(59)39-18-13-22-54-45(39)35(6)67-10)37-17-12-16-36(25-37)26-43(52(66)61-23-14-15-34(5)57-61)56-49(63)46(32(2)3)58(9)51(65)40-21-24-60-48(40)55-29-33(4)50(60)64/h12-13,16-20,22,25,27,31-32,34-35,40,43,46,48,55,57H,4,11,14-15,21,23-24,26,28-30H2,1-3,5-10H3,(H,56,63)/t34-,35+,40+,43+,46+,48-/m1/s1. The van der Waals surface area contributed by atoms with Gasteiger partial charge >= 0.3 is 0 Å². The fourth-order valence-electron chi connectivity index (χ4n) is 10.5. The van der Waals surface area contributed by atoms with Crippen LogP contribution in [0.15, 0.2) is 72.9 Å². The van der Waals surface area contributed by atoms with Crippen LogP contribution in [0.1, 0.15) is 90.7 Å². The molecule has 5 heterocycles. The molecule has 6 atom stereocenters. The van der Waals surface area contributed by atoms with Crippen LogP contribution in [-0.2, 0) is 52.8 Å². The number of benzene rings is 2. The summed E-state index contributed by atoms with van der Waals surface area (Å²) in [6.07, 6.45) is 4.09. The van der Waals surface area contributed by atoms with Gasteiger partial charge in [0, 0.05) is 86.5 Å². The van der Waals surface area contributed by atoms with Crippen molar-refractivity contribution in [2.75, 3.05) is 40.4 Å². The molecule has 0 aliphatic carbocycles. The maximum Gasteiger partial charge on any atom is 0.293 e. The van der Waals surface area contributed by atoms with E-state index in [4.69, 9.17) is 14.5 Å². The van der Waals surface area contributed by atoms with Crippen LogP contribution in [0.25, 0.3) is 33.3 Å². The normalized spacial score (nSPS) is 20.0. The number of hydrazine groups is 1. The Morgan fingerprint density at radius 2 is 1.82 bits per heavy atom. The summed E-state index contributed by atoms with van der Waals surface area (Å²) in [5, 5.41) is 9.12. The number of carbonyl (C=O) groups excluding carboxylic acids is 5. The lowest BCUT2D eigenvalue weighted by Crippen LogP contribution is -2.61. The van der Waals surface area contributed by atoms with Crippen LogP contribution in [0.4, 0.5) is 0 Å². The second-order valence-electron chi connectivity index (χ2n) is 20.0. The first-order chi connectivity index (χ1) is 32.5. The highest BCUT2D eigenvalue weighted by atomic mass is 16.5. The van der Waals surface area contributed by atoms with Gasteiger partial charge in [0.05, 0.1) is 36.2 Å². The van der Waals surface area contributed by atoms with Crippen molar-refractivity contribution in [1.29, 1.82) is 0 Å². The highest BCUT2D eigenvalue weighted by molar-refractivity contribution is 5.97. The number of rotatable bonds is 18. The van der Waals surface area contributed by atoms with Gasteiger partial charge in [-0.3, -0.25) is 39.3 Å². The summed E-state index contributed by atoms with van der Waals surface area (Å²) >= 11 is 0. The van der Waals surface area contributed by atoms with Crippen molar-refractivity contribution >= 4 is 41.0 Å². The number of aryl methyl sites for hydroxylation is 1. The molecule has 15 nitrogen and oxygen atoms in total. The molecule has 3 N–H and O–H groups in total. The molecule has 0 radical (unpaired) electrons. The number of ether oxygens (including phenoxy) is 2. The van der Waals surface area contributed by atoms with Crippen LogP contribution in [-0.4, -0.2) is 119 Å². The molecule has 4 amide bonds. The fourth-order valence-corrected chi connectivity index (χ4v) is 10.5. The number of hydrogen-bond acceptors (Lipinski definition) is 10. The third-order valence-electron chi connectivity index (χ3n) is 14.0. The van der Waals surface area contributed by atoms with E-state index < -0.39 is 35.5 Å². The molecule has 68 heavy (non-hydrogen) atoms. The smallest absolute Gasteiger partial charge is 0.293 e. The van der Waals surface area contributed by atoms with Crippen molar-refractivity contribution in [1.82, 2.24) is 40.4 Å². The molecule has 0 bridgehead atoms. The Morgan fingerprint density at radius 3 is 2.53 bits per heavy atom. The van der Waals surface area contributed by atoms with E-state index in [0.717, 1.165) is 62.9 Å². The Morgan fingerprint density at radius 1 is 1.06 bits per heavy atom. The minimum absolute atomic E-state index is 0.0853. The second kappa shape index (κ2) is 21.2. The Hall–Kier alpha value is -5.90. The largest absolute Gasteiger partial charge is 0.467 e. The topological polar surface area (TPSA) is 167 Å². The van der Waals surface area contributed by atoms with Gasteiger partial charge in [-0.1, -0.05) is 64.6 Å². The lowest BCUT2D eigenvalue weighted by atomic mass is 9.84. The molecule has 0 spiro atoms. The number of nitrogens with one attached hydrogen (secondary N) is 3. The molecule has 4 aromatic rings. The Bertz CT molecular complexity index is 2530. The van der Waals surface area contributed by atoms with E-state index in [9.17, 15) is 24.0 Å². The van der Waals surface area contributed by atoms with Crippen molar-refractivity contribution in [2.24, 2.45) is 17.3 Å². The van der Waals surface area contributed by atoms with Crippen LogP contribution in [0.5, 0.6) is 0 Å². The minimum Gasteiger partial charge on any atom is -0.467 e. The van der Waals surface area contributed by atoms with E-state index in [1.165, 1.54) is 4.90 Å². The van der Waals surface area contributed by atoms with Gasteiger partial charge in [-0.15, -0.1) is 0 Å².